The molecule has 0 unspecified atom stereocenters. The maximum Gasteiger partial charge on any atom is 0.227 e. The normalized spacial score (nSPS) is 36.8. The number of hydrogen-bond acceptors (Lipinski definition) is 2. The predicted octanol–water partition coefficient (Wildman–Crippen LogP) is 3.21. The maximum atomic E-state index is 12.6. The number of halogens is 2. The number of carbonyl (C=O) groups is 1. The molecule has 0 aromatic rings. The van der Waals surface area contributed by atoms with Crippen LogP contribution in [0.5, 0.6) is 0 Å². The first-order chi connectivity index (χ1) is 8.73. The molecule has 0 N–H and O–H groups in total. The van der Waals surface area contributed by atoms with Crippen LogP contribution in [0.4, 0.5) is 0 Å². The topological polar surface area (TPSA) is 29.5 Å². The van der Waals surface area contributed by atoms with Crippen molar-refractivity contribution < 1.29 is 9.53 Å². The summed E-state index contributed by atoms with van der Waals surface area (Å²) < 4.78 is 5.91. The Bertz CT molecular complexity index is 394. The molecule has 1 aliphatic heterocycles. The molecule has 2 fully saturated rings. The van der Waals surface area contributed by atoms with Gasteiger partial charge in [0.2, 0.25) is 5.91 Å². The van der Waals surface area contributed by atoms with Crippen LogP contribution < -0.4 is 0 Å². The van der Waals surface area contributed by atoms with Crippen molar-refractivity contribution in [3.8, 4) is 0 Å². The lowest BCUT2D eigenvalue weighted by Gasteiger charge is -2.35. The van der Waals surface area contributed by atoms with E-state index in [1.54, 1.807) is 6.08 Å². The molecule has 19 heavy (non-hydrogen) atoms. The Morgan fingerprint density at radius 2 is 1.79 bits per heavy atom. The van der Waals surface area contributed by atoms with Crippen molar-refractivity contribution in [2.75, 3.05) is 13.1 Å². The van der Waals surface area contributed by atoms with Gasteiger partial charge in [0.25, 0.3) is 0 Å². The van der Waals surface area contributed by atoms with Gasteiger partial charge in [-0.25, -0.2) is 0 Å². The van der Waals surface area contributed by atoms with Gasteiger partial charge in [-0.2, -0.15) is 0 Å². The van der Waals surface area contributed by atoms with E-state index >= 15 is 0 Å². The Morgan fingerprint density at radius 1 is 1.26 bits per heavy atom. The summed E-state index contributed by atoms with van der Waals surface area (Å²) in [6.45, 7) is 9.51. The molecule has 1 amide bonds. The summed E-state index contributed by atoms with van der Waals surface area (Å²) in [6, 6.07) is 0. The van der Waals surface area contributed by atoms with Crippen molar-refractivity contribution >= 4 is 29.1 Å². The molecule has 1 saturated carbocycles. The minimum absolute atomic E-state index is 0.0162. The second-order valence-corrected chi connectivity index (χ2v) is 7.29. The summed E-state index contributed by atoms with van der Waals surface area (Å²) in [4.78, 5) is 14.5. The summed E-state index contributed by atoms with van der Waals surface area (Å²) in [5, 5.41) is 0. The monoisotopic (exact) mass is 305 g/mol. The zero-order valence-corrected chi connectivity index (χ0v) is 13.3. The lowest BCUT2D eigenvalue weighted by atomic mass is 10.1. The number of amides is 1. The van der Waals surface area contributed by atoms with Crippen molar-refractivity contribution in [2.45, 2.75) is 39.9 Å². The fourth-order valence-corrected chi connectivity index (χ4v) is 3.42. The molecule has 3 nitrogen and oxygen atoms in total. The third-order valence-electron chi connectivity index (χ3n) is 4.21. The average molecular weight is 306 g/mol. The Balaban J connectivity index is 2.07. The number of allylic oxidation sites excluding steroid dienone is 1. The molecule has 5 heteroatoms. The molecule has 2 aliphatic rings. The van der Waals surface area contributed by atoms with Crippen LogP contribution in [0.2, 0.25) is 0 Å². The number of nitrogens with zero attached hydrogens (tertiary/aromatic N) is 1. The summed E-state index contributed by atoms with van der Waals surface area (Å²) in [5.74, 6) is 0.318. The molecule has 108 valence electrons. The minimum Gasteiger partial charge on any atom is -0.372 e. The number of carbonyl (C=O) groups excluding carboxylic acids is 1. The van der Waals surface area contributed by atoms with Crippen LogP contribution in [-0.4, -0.2) is 36.1 Å². The van der Waals surface area contributed by atoms with Crippen LogP contribution in [0, 0.1) is 17.3 Å². The molecule has 0 radical (unpaired) electrons. The van der Waals surface area contributed by atoms with Crippen molar-refractivity contribution in [1.29, 1.82) is 0 Å². The van der Waals surface area contributed by atoms with E-state index in [1.807, 2.05) is 18.7 Å². The van der Waals surface area contributed by atoms with E-state index in [-0.39, 0.29) is 39.9 Å². The Morgan fingerprint density at radius 3 is 2.26 bits per heavy atom. The van der Waals surface area contributed by atoms with E-state index in [1.165, 1.54) is 0 Å². The number of rotatable bonds is 2. The SMILES string of the molecule is C[C@H]1CN(C(=O)[C@@H]2[C@H](C=C(Cl)Cl)C2(C)C)C[C@H](C)O1. The fourth-order valence-electron chi connectivity index (χ4n) is 3.15. The highest BCUT2D eigenvalue weighted by Gasteiger charge is 2.61. The molecular formula is C14H21Cl2NO2. The highest BCUT2D eigenvalue weighted by molar-refractivity contribution is 6.55. The first-order valence-electron chi connectivity index (χ1n) is 6.70. The maximum absolute atomic E-state index is 12.6. The van der Waals surface area contributed by atoms with E-state index in [9.17, 15) is 4.79 Å². The second kappa shape index (κ2) is 5.27. The summed E-state index contributed by atoms with van der Waals surface area (Å²) in [6.07, 6.45) is 1.99. The van der Waals surface area contributed by atoms with Crippen LogP contribution in [0.15, 0.2) is 10.6 Å². The zero-order valence-electron chi connectivity index (χ0n) is 11.8. The Kier molecular flexibility index (Phi) is 4.20. The Hall–Kier alpha value is -0.250. The van der Waals surface area contributed by atoms with Crippen LogP contribution in [-0.2, 0) is 9.53 Å². The smallest absolute Gasteiger partial charge is 0.227 e. The summed E-state index contributed by atoms with van der Waals surface area (Å²) in [7, 11) is 0. The van der Waals surface area contributed by atoms with Gasteiger partial charge in [0.15, 0.2) is 0 Å². The van der Waals surface area contributed by atoms with E-state index in [0.717, 1.165) is 0 Å². The first kappa shape index (κ1) is 15.1. The molecule has 1 aliphatic carbocycles. The first-order valence-corrected chi connectivity index (χ1v) is 7.46. The molecule has 1 heterocycles. The van der Waals surface area contributed by atoms with Gasteiger partial charge in [-0.15, -0.1) is 0 Å². The zero-order chi connectivity index (χ0) is 14.4. The van der Waals surface area contributed by atoms with Gasteiger partial charge in [0.05, 0.1) is 18.1 Å². The Labute approximate surface area is 124 Å². The van der Waals surface area contributed by atoms with E-state index < -0.39 is 0 Å². The van der Waals surface area contributed by atoms with Crippen LogP contribution >= 0.6 is 23.2 Å². The fraction of sp³-hybridized carbons (Fsp3) is 0.786. The highest BCUT2D eigenvalue weighted by atomic mass is 35.5. The average Bonchev–Trinajstić information content (AvgIpc) is 2.77. The van der Waals surface area contributed by atoms with Crippen molar-refractivity contribution in [3.05, 3.63) is 10.6 Å². The molecular weight excluding hydrogens is 285 g/mol. The summed E-state index contributed by atoms with van der Waals surface area (Å²) >= 11 is 11.4. The van der Waals surface area contributed by atoms with Gasteiger partial charge in [-0.05, 0) is 31.3 Å². The number of morpholine rings is 1. The number of ether oxygens (including phenoxy) is 1. The van der Waals surface area contributed by atoms with E-state index in [4.69, 9.17) is 27.9 Å². The largest absolute Gasteiger partial charge is 0.372 e. The highest BCUT2D eigenvalue weighted by Crippen LogP contribution is 2.60. The van der Waals surface area contributed by atoms with Gasteiger partial charge in [0.1, 0.15) is 4.49 Å². The van der Waals surface area contributed by atoms with E-state index in [2.05, 4.69) is 13.8 Å². The molecule has 0 aromatic carbocycles. The van der Waals surface area contributed by atoms with Crippen LogP contribution in [0.1, 0.15) is 27.7 Å². The lowest BCUT2D eigenvalue weighted by molar-refractivity contribution is -0.145. The van der Waals surface area contributed by atoms with Crippen molar-refractivity contribution in [3.63, 3.8) is 0 Å². The van der Waals surface area contributed by atoms with Gasteiger partial charge >= 0.3 is 0 Å². The van der Waals surface area contributed by atoms with Crippen LogP contribution in [0.3, 0.4) is 0 Å². The van der Waals surface area contributed by atoms with E-state index in [0.29, 0.717) is 13.1 Å². The summed E-state index contributed by atoms with van der Waals surface area (Å²) in [5.41, 5.74) is -0.0586. The van der Waals surface area contributed by atoms with Crippen molar-refractivity contribution in [1.82, 2.24) is 4.90 Å². The minimum atomic E-state index is -0.0586. The van der Waals surface area contributed by atoms with Crippen LogP contribution in [0.25, 0.3) is 0 Å². The third-order valence-corrected chi connectivity index (χ3v) is 4.47. The lowest BCUT2D eigenvalue weighted by Crippen LogP contribution is -2.49. The standard InChI is InChI=1S/C14H21Cl2NO2/c1-8-6-17(7-9(2)19-8)13(18)12-10(5-11(15)16)14(12,3)4/h5,8-10,12H,6-7H2,1-4H3/t8-,9-,10-,12-/m0/s1. The molecule has 0 spiro atoms. The third kappa shape index (κ3) is 3.09. The van der Waals surface area contributed by atoms with Gasteiger partial charge in [-0.1, -0.05) is 37.0 Å². The molecule has 0 aromatic heterocycles. The van der Waals surface area contributed by atoms with Gasteiger partial charge in [-0.3, -0.25) is 4.79 Å². The van der Waals surface area contributed by atoms with Gasteiger partial charge < -0.3 is 9.64 Å². The second-order valence-electron chi connectivity index (χ2n) is 6.28. The molecule has 2 rings (SSSR count). The molecule has 1 saturated heterocycles. The molecule has 4 atom stereocenters. The quantitative estimate of drug-likeness (QED) is 0.784. The van der Waals surface area contributed by atoms with Crippen molar-refractivity contribution in [2.24, 2.45) is 17.3 Å². The van der Waals surface area contributed by atoms with Gasteiger partial charge in [0, 0.05) is 13.1 Å². The molecule has 0 bridgehead atoms. The predicted molar refractivity (Wildman–Crippen MR) is 77.1 cm³/mol. The number of hydrogen-bond donors (Lipinski definition) is 0.